The van der Waals surface area contributed by atoms with Crippen LogP contribution in [0.4, 0.5) is 11.6 Å². The van der Waals surface area contributed by atoms with E-state index >= 15 is 0 Å². The second kappa shape index (κ2) is 12.7. The SMILES string of the molecule is C1=CC2C(C=C1c1ccc3c(c1)c1ccc4c5ccccc5sc4c1n3-c1ccccc1)c1ccccc1N2c1nc(-c2ccccc2)cc(-c2ccccc2)n1. The molecule has 0 saturated heterocycles. The Morgan fingerprint density at radius 3 is 1.96 bits per heavy atom. The van der Waals surface area contributed by atoms with Crippen molar-refractivity contribution < 1.29 is 0 Å². The number of anilines is 2. The van der Waals surface area contributed by atoms with Gasteiger partial charge in [-0.05, 0) is 59.2 Å². The Balaban J connectivity index is 0.998. The quantitative estimate of drug-likeness (QED) is 0.176. The average molecular weight is 747 g/mol. The standard InChI is InChI=1S/C52H34N4S/c1-4-14-33(15-5-1)44-32-45(34-16-6-2-7-17-34)54-52(53-44)56-46-22-12-10-20-38(46)42-30-35(25-29-48(42)56)36-24-28-47-43(31-36)40-26-27-41-39-21-11-13-23-49(39)57-51(41)50(40)55(47)37-18-8-3-9-19-37/h1-32,42,48H. The minimum atomic E-state index is 0.0331. The molecule has 1 aliphatic carbocycles. The first kappa shape index (κ1) is 32.2. The smallest absolute Gasteiger partial charge is 0.231 e. The van der Waals surface area contributed by atoms with E-state index < -0.39 is 0 Å². The number of aromatic nitrogens is 3. The van der Waals surface area contributed by atoms with E-state index in [4.69, 9.17) is 9.97 Å². The minimum Gasteiger partial charge on any atom is -0.308 e. The molecule has 1 aliphatic heterocycles. The predicted octanol–water partition coefficient (Wildman–Crippen LogP) is 13.5. The number of para-hydroxylation sites is 2. The molecule has 7 aromatic carbocycles. The van der Waals surface area contributed by atoms with E-state index in [0.29, 0.717) is 5.95 Å². The van der Waals surface area contributed by atoms with Gasteiger partial charge in [-0.3, -0.25) is 0 Å². The second-order valence-corrected chi connectivity index (χ2v) is 16.0. The van der Waals surface area contributed by atoms with Crippen molar-refractivity contribution in [1.29, 1.82) is 0 Å². The zero-order valence-corrected chi connectivity index (χ0v) is 31.6. The maximum absolute atomic E-state index is 5.26. The van der Waals surface area contributed by atoms with Gasteiger partial charge in [-0.25, -0.2) is 9.97 Å². The summed E-state index contributed by atoms with van der Waals surface area (Å²) in [6.07, 6.45) is 7.13. The molecule has 4 nitrogen and oxygen atoms in total. The van der Waals surface area contributed by atoms with Crippen molar-refractivity contribution >= 4 is 70.5 Å². The molecule has 3 aromatic heterocycles. The van der Waals surface area contributed by atoms with Crippen LogP contribution in [-0.2, 0) is 0 Å². The first-order valence-corrected chi connectivity index (χ1v) is 20.3. The van der Waals surface area contributed by atoms with Crippen LogP contribution >= 0.6 is 11.3 Å². The predicted molar refractivity (Wildman–Crippen MR) is 239 cm³/mol. The Morgan fingerprint density at radius 2 is 1.19 bits per heavy atom. The van der Waals surface area contributed by atoms with Crippen molar-refractivity contribution in [2.24, 2.45) is 0 Å². The van der Waals surface area contributed by atoms with Crippen molar-refractivity contribution in [3.05, 3.63) is 205 Å². The number of allylic oxidation sites excluding steroid dienone is 2. The van der Waals surface area contributed by atoms with Gasteiger partial charge in [0, 0.05) is 54.7 Å². The molecule has 0 saturated carbocycles. The zero-order chi connectivity index (χ0) is 37.5. The molecule has 0 bridgehead atoms. The molecule has 12 rings (SSSR count). The van der Waals surface area contributed by atoms with Gasteiger partial charge in [0.05, 0.1) is 33.2 Å². The van der Waals surface area contributed by atoms with Gasteiger partial charge in [-0.2, -0.15) is 0 Å². The van der Waals surface area contributed by atoms with E-state index in [0.717, 1.165) is 28.2 Å². The van der Waals surface area contributed by atoms with Crippen LogP contribution < -0.4 is 4.90 Å². The maximum atomic E-state index is 5.26. The third kappa shape index (κ3) is 5.06. The molecule has 5 heteroatoms. The van der Waals surface area contributed by atoms with Gasteiger partial charge < -0.3 is 9.47 Å². The summed E-state index contributed by atoms with van der Waals surface area (Å²) in [6.45, 7) is 0. The Hall–Kier alpha value is -7.08. The Bertz CT molecular complexity index is 3190. The lowest BCUT2D eigenvalue weighted by Crippen LogP contribution is -2.30. The summed E-state index contributed by atoms with van der Waals surface area (Å²) in [7, 11) is 0. The summed E-state index contributed by atoms with van der Waals surface area (Å²) in [5.41, 5.74) is 12.5. The van der Waals surface area contributed by atoms with Gasteiger partial charge in [0.1, 0.15) is 0 Å². The largest absolute Gasteiger partial charge is 0.308 e. The summed E-state index contributed by atoms with van der Waals surface area (Å²) in [5.74, 6) is 0.837. The number of thiophene rings is 1. The maximum Gasteiger partial charge on any atom is 0.231 e. The van der Waals surface area contributed by atoms with Crippen LogP contribution in [0.2, 0.25) is 0 Å². The molecule has 2 aliphatic rings. The number of rotatable bonds is 5. The van der Waals surface area contributed by atoms with E-state index in [1.807, 2.05) is 23.5 Å². The molecular weight excluding hydrogens is 713 g/mol. The molecule has 2 atom stereocenters. The fourth-order valence-corrected chi connectivity index (χ4v) is 10.4. The molecular formula is C52H34N4S. The van der Waals surface area contributed by atoms with Crippen molar-refractivity contribution in [2.75, 3.05) is 4.90 Å². The third-order valence-electron chi connectivity index (χ3n) is 11.7. The summed E-state index contributed by atoms with van der Waals surface area (Å²) in [4.78, 5) is 12.9. The lowest BCUT2D eigenvalue weighted by molar-refractivity contribution is 0.732. The Labute approximate surface area is 334 Å². The number of fused-ring (bicyclic) bond motifs is 10. The second-order valence-electron chi connectivity index (χ2n) is 14.9. The highest BCUT2D eigenvalue weighted by Crippen LogP contribution is 2.49. The number of hydrogen-bond acceptors (Lipinski definition) is 4. The van der Waals surface area contributed by atoms with Crippen molar-refractivity contribution in [2.45, 2.75) is 12.0 Å². The van der Waals surface area contributed by atoms with E-state index in [1.54, 1.807) is 0 Å². The van der Waals surface area contributed by atoms with Crippen molar-refractivity contribution in [3.63, 3.8) is 0 Å². The monoisotopic (exact) mass is 746 g/mol. The molecule has 10 aromatic rings. The van der Waals surface area contributed by atoms with Crippen LogP contribution in [0.15, 0.2) is 194 Å². The fraction of sp³-hybridized carbons (Fsp3) is 0.0385. The van der Waals surface area contributed by atoms with Crippen LogP contribution in [0.3, 0.4) is 0 Å². The van der Waals surface area contributed by atoms with Gasteiger partial charge in [-0.1, -0.05) is 152 Å². The van der Waals surface area contributed by atoms with Gasteiger partial charge in [-0.15, -0.1) is 11.3 Å². The van der Waals surface area contributed by atoms with Crippen LogP contribution in [0.25, 0.3) is 75.8 Å². The van der Waals surface area contributed by atoms with Crippen LogP contribution in [0.5, 0.6) is 0 Å². The molecule has 57 heavy (non-hydrogen) atoms. The van der Waals surface area contributed by atoms with E-state index in [9.17, 15) is 0 Å². The molecule has 268 valence electrons. The first-order valence-electron chi connectivity index (χ1n) is 19.5. The average Bonchev–Trinajstić information content (AvgIpc) is 3.94. The zero-order valence-electron chi connectivity index (χ0n) is 30.8. The van der Waals surface area contributed by atoms with E-state index in [2.05, 4.69) is 191 Å². The summed E-state index contributed by atoms with van der Waals surface area (Å²) in [5, 5.41) is 5.16. The van der Waals surface area contributed by atoms with Crippen LogP contribution in [-0.4, -0.2) is 20.6 Å². The molecule has 0 radical (unpaired) electrons. The Kier molecular flexibility index (Phi) is 7.19. The number of nitrogens with zero attached hydrogens (tertiary/aromatic N) is 4. The highest BCUT2D eigenvalue weighted by molar-refractivity contribution is 7.26. The van der Waals surface area contributed by atoms with E-state index in [1.165, 1.54) is 64.4 Å². The highest BCUT2D eigenvalue weighted by atomic mass is 32.1. The van der Waals surface area contributed by atoms with Gasteiger partial charge in [0.15, 0.2) is 0 Å². The van der Waals surface area contributed by atoms with Gasteiger partial charge in [0.25, 0.3) is 0 Å². The van der Waals surface area contributed by atoms with E-state index in [-0.39, 0.29) is 12.0 Å². The van der Waals surface area contributed by atoms with Crippen molar-refractivity contribution in [1.82, 2.24) is 14.5 Å². The van der Waals surface area contributed by atoms with Crippen LogP contribution in [0.1, 0.15) is 17.0 Å². The normalized spacial score (nSPS) is 16.1. The number of hydrogen-bond donors (Lipinski definition) is 0. The molecule has 0 N–H and O–H groups in total. The number of benzene rings is 7. The van der Waals surface area contributed by atoms with Crippen LogP contribution in [0, 0.1) is 0 Å². The minimum absolute atomic E-state index is 0.0331. The highest BCUT2D eigenvalue weighted by Gasteiger charge is 2.40. The van der Waals surface area contributed by atoms with Gasteiger partial charge in [0.2, 0.25) is 5.95 Å². The summed E-state index contributed by atoms with van der Waals surface area (Å²) in [6, 6.07) is 63.0. The lowest BCUT2D eigenvalue weighted by atomic mass is 9.86. The topological polar surface area (TPSA) is 34.0 Å². The summed E-state index contributed by atoms with van der Waals surface area (Å²) < 4.78 is 5.11. The third-order valence-corrected chi connectivity index (χ3v) is 12.9. The molecule has 0 fully saturated rings. The molecule has 2 unspecified atom stereocenters. The first-order chi connectivity index (χ1) is 28.3. The van der Waals surface area contributed by atoms with Crippen molar-refractivity contribution in [3.8, 4) is 28.2 Å². The molecule has 4 heterocycles. The lowest BCUT2D eigenvalue weighted by Gasteiger charge is -2.28. The van der Waals surface area contributed by atoms with Gasteiger partial charge >= 0.3 is 0 Å². The molecule has 0 spiro atoms. The summed E-state index contributed by atoms with van der Waals surface area (Å²) >= 11 is 1.89. The fourth-order valence-electron chi connectivity index (χ4n) is 9.13. The molecule has 0 amide bonds. The Morgan fingerprint density at radius 1 is 0.526 bits per heavy atom.